The fourth-order valence-electron chi connectivity index (χ4n) is 5.64. The Bertz CT molecular complexity index is 688. The molecule has 0 spiro atoms. The summed E-state index contributed by atoms with van der Waals surface area (Å²) in [7, 11) is 1.89. The van der Waals surface area contributed by atoms with E-state index in [1.54, 1.807) is 11.0 Å². The molecule has 3 atom stereocenters. The van der Waals surface area contributed by atoms with Gasteiger partial charge in [0.05, 0.1) is 18.6 Å². The van der Waals surface area contributed by atoms with Crippen molar-refractivity contribution in [2.24, 2.45) is 18.4 Å². The predicted octanol–water partition coefficient (Wildman–Crippen LogP) is 0.687. The number of nitrogens with zero attached hydrogens (tertiary/aromatic N) is 5. The van der Waals surface area contributed by atoms with Crippen LogP contribution in [0, 0.1) is 11.3 Å². The molecule has 8 nitrogen and oxygen atoms in total. The molecule has 1 N–H and O–H groups in total. The van der Waals surface area contributed by atoms with Crippen LogP contribution in [0.2, 0.25) is 0 Å². The van der Waals surface area contributed by atoms with Crippen LogP contribution < -0.4 is 5.32 Å². The Kier molecular flexibility index (Phi) is 6.51. The number of hydrogen-bond acceptors (Lipinski definition) is 6. The molecule has 2 aliphatic heterocycles. The number of fused-ring (bicyclic) bond motifs is 1. The van der Waals surface area contributed by atoms with Crippen LogP contribution in [0.1, 0.15) is 38.4 Å². The summed E-state index contributed by atoms with van der Waals surface area (Å²) < 4.78 is 7.32. The first-order valence-corrected chi connectivity index (χ1v) is 11.3. The number of morpholine rings is 1. The van der Waals surface area contributed by atoms with E-state index < -0.39 is 0 Å². The van der Waals surface area contributed by atoms with E-state index in [4.69, 9.17) is 4.74 Å². The predicted molar refractivity (Wildman–Crippen MR) is 110 cm³/mol. The second-order valence-electron chi connectivity index (χ2n) is 8.89. The summed E-state index contributed by atoms with van der Waals surface area (Å²) in [5.41, 5.74) is -0.239. The number of likely N-dealkylation sites (tertiary alicyclic amines) is 1. The summed E-state index contributed by atoms with van der Waals surface area (Å²) in [6.45, 7) is 9.64. The number of amides is 1. The molecule has 1 aromatic rings. The number of piperidine rings is 1. The second kappa shape index (κ2) is 9.10. The minimum atomic E-state index is -0.239. The van der Waals surface area contributed by atoms with Crippen LogP contribution in [-0.4, -0.2) is 89.0 Å². The molecule has 0 radical (unpaired) electrons. The van der Waals surface area contributed by atoms with Crippen LogP contribution in [0.3, 0.4) is 0 Å². The maximum absolute atomic E-state index is 13.5. The SMILES string of the molecule is CCN1CC[C@@H]2C[C@@H](N3CCOCC3)CC[C@@]2(C(=O)NCCc2ncnn2C)C1. The third-order valence-corrected chi connectivity index (χ3v) is 7.46. The molecule has 3 aliphatic rings. The Morgan fingerprint density at radius 3 is 2.86 bits per heavy atom. The first-order chi connectivity index (χ1) is 14.1. The molecule has 0 unspecified atom stereocenters. The van der Waals surface area contributed by atoms with Gasteiger partial charge in [-0.15, -0.1) is 0 Å². The number of aromatic nitrogens is 3. The molecular formula is C21H36N6O2. The quantitative estimate of drug-likeness (QED) is 0.752. The van der Waals surface area contributed by atoms with E-state index >= 15 is 0 Å². The van der Waals surface area contributed by atoms with Crippen LogP contribution >= 0.6 is 0 Å². The van der Waals surface area contributed by atoms with Crippen molar-refractivity contribution in [1.29, 1.82) is 0 Å². The van der Waals surface area contributed by atoms with Crippen molar-refractivity contribution >= 4 is 5.91 Å². The average Bonchev–Trinajstić information content (AvgIpc) is 3.18. The van der Waals surface area contributed by atoms with Gasteiger partial charge in [0.2, 0.25) is 5.91 Å². The number of aryl methyl sites for hydroxylation is 1. The highest BCUT2D eigenvalue weighted by Crippen LogP contribution is 2.47. The Morgan fingerprint density at radius 2 is 2.14 bits per heavy atom. The van der Waals surface area contributed by atoms with Gasteiger partial charge in [-0.1, -0.05) is 6.92 Å². The van der Waals surface area contributed by atoms with Gasteiger partial charge in [-0.25, -0.2) is 4.98 Å². The van der Waals surface area contributed by atoms with E-state index in [0.29, 0.717) is 18.5 Å². The normalized spacial score (nSPS) is 31.4. The summed E-state index contributed by atoms with van der Waals surface area (Å²) in [5, 5.41) is 7.38. The third kappa shape index (κ3) is 4.34. The second-order valence-corrected chi connectivity index (χ2v) is 8.89. The van der Waals surface area contributed by atoms with Gasteiger partial charge in [0.25, 0.3) is 0 Å². The lowest BCUT2D eigenvalue weighted by Crippen LogP contribution is -2.61. The molecule has 29 heavy (non-hydrogen) atoms. The van der Waals surface area contributed by atoms with Crippen LogP contribution in [0.15, 0.2) is 6.33 Å². The van der Waals surface area contributed by atoms with E-state index in [2.05, 4.69) is 32.1 Å². The van der Waals surface area contributed by atoms with Crippen molar-refractivity contribution in [1.82, 2.24) is 29.9 Å². The third-order valence-electron chi connectivity index (χ3n) is 7.46. The summed E-state index contributed by atoms with van der Waals surface area (Å²) in [5.74, 6) is 1.64. The molecule has 0 aromatic carbocycles. The number of rotatable bonds is 6. The van der Waals surface area contributed by atoms with Gasteiger partial charge in [0, 0.05) is 45.7 Å². The Labute approximate surface area is 174 Å². The average molecular weight is 405 g/mol. The molecule has 4 rings (SSSR count). The van der Waals surface area contributed by atoms with E-state index in [0.717, 1.165) is 83.9 Å². The van der Waals surface area contributed by atoms with Crippen molar-refractivity contribution < 1.29 is 9.53 Å². The molecule has 1 amide bonds. The first kappa shape index (κ1) is 20.8. The van der Waals surface area contributed by atoms with Crippen molar-refractivity contribution in [2.45, 2.75) is 45.1 Å². The first-order valence-electron chi connectivity index (χ1n) is 11.3. The van der Waals surface area contributed by atoms with Crippen molar-refractivity contribution in [3.63, 3.8) is 0 Å². The number of carbonyl (C=O) groups is 1. The van der Waals surface area contributed by atoms with Crippen LogP contribution in [0.4, 0.5) is 0 Å². The standard InChI is InChI=1S/C21H36N6O2/c1-3-26-9-6-17-14-18(27-10-12-29-13-11-27)4-7-21(17,15-26)20(28)22-8-5-19-23-16-24-25(19)2/h16-18H,3-15H2,1-2H3,(H,22,28)/t17-,18+,21-/m1/s1. The lowest BCUT2D eigenvalue weighted by atomic mass is 9.61. The largest absolute Gasteiger partial charge is 0.379 e. The molecule has 1 aromatic heterocycles. The zero-order valence-corrected chi connectivity index (χ0v) is 18.0. The van der Waals surface area contributed by atoms with Gasteiger partial charge in [-0.3, -0.25) is 14.4 Å². The number of hydrogen-bond donors (Lipinski definition) is 1. The highest BCUT2D eigenvalue weighted by atomic mass is 16.5. The minimum absolute atomic E-state index is 0.239. The van der Waals surface area contributed by atoms with E-state index in [9.17, 15) is 4.79 Å². The molecule has 3 heterocycles. The zero-order chi connectivity index (χ0) is 20.3. The number of ether oxygens (including phenoxy) is 1. The summed E-state index contributed by atoms with van der Waals surface area (Å²) in [4.78, 5) is 22.8. The van der Waals surface area contributed by atoms with Gasteiger partial charge in [-0.05, 0) is 44.7 Å². The Hall–Kier alpha value is -1.51. The molecule has 1 aliphatic carbocycles. The fraction of sp³-hybridized carbons (Fsp3) is 0.857. The van der Waals surface area contributed by atoms with Crippen molar-refractivity contribution in [2.75, 3.05) is 52.5 Å². The van der Waals surface area contributed by atoms with Gasteiger partial charge >= 0.3 is 0 Å². The Balaban J connectivity index is 1.42. The maximum Gasteiger partial charge on any atom is 0.227 e. The molecular weight excluding hydrogens is 368 g/mol. The van der Waals surface area contributed by atoms with E-state index in [1.807, 2.05) is 7.05 Å². The minimum Gasteiger partial charge on any atom is -0.379 e. The molecule has 162 valence electrons. The van der Waals surface area contributed by atoms with Crippen LogP contribution in [0.25, 0.3) is 0 Å². The molecule has 2 saturated heterocycles. The molecule has 1 saturated carbocycles. The summed E-state index contributed by atoms with van der Waals surface area (Å²) >= 11 is 0. The van der Waals surface area contributed by atoms with E-state index in [-0.39, 0.29) is 11.3 Å². The van der Waals surface area contributed by atoms with Crippen molar-refractivity contribution in [3.05, 3.63) is 12.2 Å². The van der Waals surface area contributed by atoms with Crippen molar-refractivity contribution in [3.8, 4) is 0 Å². The monoisotopic (exact) mass is 404 g/mol. The summed E-state index contributed by atoms with van der Waals surface area (Å²) in [6, 6.07) is 0.608. The highest BCUT2D eigenvalue weighted by molar-refractivity contribution is 5.83. The van der Waals surface area contributed by atoms with Gasteiger partial charge in [-0.2, -0.15) is 5.10 Å². The van der Waals surface area contributed by atoms with Gasteiger partial charge in [0.1, 0.15) is 12.2 Å². The topological polar surface area (TPSA) is 75.5 Å². The fourth-order valence-corrected chi connectivity index (χ4v) is 5.64. The van der Waals surface area contributed by atoms with Crippen LogP contribution in [0.5, 0.6) is 0 Å². The molecule has 3 fully saturated rings. The van der Waals surface area contributed by atoms with Gasteiger partial charge in [0.15, 0.2) is 0 Å². The van der Waals surface area contributed by atoms with Crippen LogP contribution in [-0.2, 0) is 23.0 Å². The Morgan fingerprint density at radius 1 is 1.31 bits per heavy atom. The highest BCUT2D eigenvalue weighted by Gasteiger charge is 2.52. The number of carbonyl (C=O) groups excluding carboxylic acids is 1. The lowest BCUT2D eigenvalue weighted by molar-refractivity contribution is -0.144. The lowest BCUT2D eigenvalue weighted by Gasteiger charge is -2.53. The summed E-state index contributed by atoms with van der Waals surface area (Å²) in [6.07, 6.45) is 6.67. The smallest absolute Gasteiger partial charge is 0.227 e. The van der Waals surface area contributed by atoms with Gasteiger partial charge < -0.3 is 15.0 Å². The zero-order valence-electron chi connectivity index (χ0n) is 18.0. The maximum atomic E-state index is 13.5. The molecule has 8 heteroatoms. The molecule has 0 bridgehead atoms. The van der Waals surface area contributed by atoms with E-state index in [1.165, 1.54) is 0 Å². The number of nitrogens with one attached hydrogen (secondary N) is 1.